The van der Waals surface area contributed by atoms with Crippen LogP contribution in [0.5, 0.6) is 0 Å². The number of rotatable bonds is 9. The standard InChI is InChI=1S/C26H33N3O4/c1-19-9-11-22(12-10-19)26(32)29-16-13-20(14-17-29)23(25(31)27-15-6-18-33-2)28-24(30)21-7-4-3-5-8-21/h3-5,7-12,20,23H,6,13-18H2,1-2H3,(H,27,31)(H,28,30). The molecule has 1 aliphatic rings. The lowest BCUT2D eigenvalue weighted by atomic mass is 9.88. The van der Waals surface area contributed by atoms with Gasteiger partial charge in [-0.2, -0.15) is 0 Å². The summed E-state index contributed by atoms with van der Waals surface area (Å²) in [5, 5.41) is 5.86. The van der Waals surface area contributed by atoms with Gasteiger partial charge < -0.3 is 20.3 Å². The maximum absolute atomic E-state index is 13.0. The summed E-state index contributed by atoms with van der Waals surface area (Å²) in [4.78, 5) is 40.5. The van der Waals surface area contributed by atoms with Crippen molar-refractivity contribution in [1.29, 1.82) is 0 Å². The van der Waals surface area contributed by atoms with E-state index >= 15 is 0 Å². The Kier molecular flexibility index (Phi) is 9.01. The lowest BCUT2D eigenvalue weighted by Crippen LogP contribution is -2.54. The Labute approximate surface area is 195 Å². The van der Waals surface area contributed by atoms with Gasteiger partial charge in [-0.05, 0) is 56.4 Å². The Balaban J connectivity index is 1.64. The number of likely N-dealkylation sites (tertiary alicyclic amines) is 1. The van der Waals surface area contributed by atoms with Gasteiger partial charge in [-0.25, -0.2) is 0 Å². The number of ether oxygens (including phenoxy) is 1. The highest BCUT2D eigenvalue weighted by Crippen LogP contribution is 2.23. The summed E-state index contributed by atoms with van der Waals surface area (Å²) in [6.07, 6.45) is 1.98. The predicted octanol–water partition coefficient (Wildman–Crippen LogP) is 2.80. The highest BCUT2D eigenvalue weighted by atomic mass is 16.5. The quantitative estimate of drug-likeness (QED) is 0.574. The van der Waals surface area contributed by atoms with Crippen LogP contribution in [0.15, 0.2) is 54.6 Å². The van der Waals surface area contributed by atoms with Crippen molar-refractivity contribution in [2.75, 3.05) is 33.4 Å². The van der Waals surface area contributed by atoms with Crippen LogP contribution in [0.3, 0.4) is 0 Å². The third-order valence-corrected chi connectivity index (χ3v) is 6.03. The molecule has 1 unspecified atom stereocenters. The van der Waals surface area contributed by atoms with Crippen LogP contribution in [0.4, 0.5) is 0 Å². The first-order valence-corrected chi connectivity index (χ1v) is 11.5. The number of hydrogen-bond donors (Lipinski definition) is 2. The zero-order valence-electron chi connectivity index (χ0n) is 19.4. The van der Waals surface area contributed by atoms with E-state index in [-0.39, 0.29) is 23.6 Å². The van der Waals surface area contributed by atoms with Crippen molar-refractivity contribution in [1.82, 2.24) is 15.5 Å². The Morgan fingerprint density at radius 2 is 1.67 bits per heavy atom. The van der Waals surface area contributed by atoms with E-state index < -0.39 is 6.04 Å². The summed E-state index contributed by atoms with van der Waals surface area (Å²) in [7, 11) is 1.62. The van der Waals surface area contributed by atoms with Crippen molar-refractivity contribution >= 4 is 17.7 Å². The number of aryl methyl sites for hydroxylation is 1. The number of carbonyl (C=O) groups is 3. The number of nitrogens with one attached hydrogen (secondary N) is 2. The van der Waals surface area contributed by atoms with Gasteiger partial charge in [0.15, 0.2) is 0 Å². The molecule has 0 bridgehead atoms. The second kappa shape index (κ2) is 12.2. The maximum atomic E-state index is 13.0. The van der Waals surface area contributed by atoms with Crippen molar-refractivity contribution in [3.8, 4) is 0 Å². The van der Waals surface area contributed by atoms with E-state index in [4.69, 9.17) is 4.74 Å². The first kappa shape index (κ1) is 24.5. The number of carbonyl (C=O) groups excluding carboxylic acids is 3. The molecule has 1 heterocycles. The van der Waals surface area contributed by atoms with Crippen LogP contribution < -0.4 is 10.6 Å². The molecular weight excluding hydrogens is 418 g/mol. The minimum absolute atomic E-state index is 0.00217. The highest BCUT2D eigenvalue weighted by molar-refractivity contribution is 5.97. The molecule has 1 fully saturated rings. The molecule has 2 aromatic carbocycles. The summed E-state index contributed by atoms with van der Waals surface area (Å²) in [6, 6.07) is 15.8. The molecule has 0 aromatic heterocycles. The second-order valence-electron chi connectivity index (χ2n) is 8.45. The normalized spacial score (nSPS) is 15.0. The fourth-order valence-electron chi connectivity index (χ4n) is 4.06. The second-order valence-corrected chi connectivity index (χ2v) is 8.45. The van der Waals surface area contributed by atoms with Gasteiger partial charge in [0.1, 0.15) is 6.04 Å². The number of piperidine rings is 1. The van der Waals surface area contributed by atoms with Gasteiger partial charge in [0, 0.05) is 44.5 Å². The minimum atomic E-state index is -0.656. The molecule has 2 aromatic rings. The molecule has 1 saturated heterocycles. The van der Waals surface area contributed by atoms with E-state index in [9.17, 15) is 14.4 Å². The van der Waals surface area contributed by atoms with E-state index in [0.717, 1.165) is 5.56 Å². The monoisotopic (exact) mass is 451 g/mol. The zero-order chi connectivity index (χ0) is 23.6. The average Bonchev–Trinajstić information content (AvgIpc) is 2.85. The van der Waals surface area contributed by atoms with Crippen LogP contribution in [-0.4, -0.2) is 62.0 Å². The van der Waals surface area contributed by atoms with Gasteiger partial charge in [-0.15, -0.1) is 0 Å². The average molecular weight is 452 g/mol. The summed E-state index contributed by atoms with van der Waals surface area (Å²) < 4.78 is 5.04. The minimum Gasteiger partial charge on any atom is -0.385 e. The lowest BCUT2D eigenvalue weighted by molar-refractivity contribution is -0.124. The van der Waals surface area contributed by atoms with E-state index in [2.05, 4.69) is 10.6 Å². The fraction of sp³-hybridized carbons (Fsp3) is 0.423. The van der Waals surface area contributed by atoms with Crippen LogP contribution in [0.2, 0.25) is 0 Å². The molecule has 1 aliphatic heterocycles. The molecule has 1 atom stereocenters. The Hall–Kier alpha value is -3.19. The molecule has 3 rings (SSSR count). The molecule has 7 heteroatoms. The van der Waals surface area contributed by atoms with Crippen LogP contribution in [-0.2, 0) is 9.53 Å². The van der Waals surface area contributed by atoms with Gasteiger partial charge in [0.25, 0.3) is 11.8 Å². The summed E-state index contributed by atoms with van der Waals surface area (Å²) in [5.41, 5.74) is 2.30. The zero-order valence-corrected chi connectivity index (χ0v) is 19.4. The van der Waals surface area contributed by atoms with Gasteiger partial charge in [-0.1, -0.05) is 35.9 Å². The number of benzene rings is 2. The predicted molar refractivity (Wildman–Crippen MR) is 127 cm³/mol. The molecule has 2 N–H and O–H groups in total. The molecule has 3 amide bonds. The van der Waals surface area contributed by atoms with Gasteiger partial charge in [0.05, 0.1) is 0 Å². The molecule has 0 radical (unpaired) electrons. The van der Waals surface area contributed by atoms with Crippen molar-refractivity contribution in [3.63, 3.8) is 0 Å². The number of methoxy groups -OCH3 is 1. The highest BCUT2D eigenvalue weighted by Gasteiger charge is 2.34. The van der Waals surface area contributed by atoms with Gasteiger partial charge >= 0.3 is 0 Å². The fourth-order valence-corrected chi connectivity index (χ4v) is 4.06. The topological polar surface area (TPSA) is 87.7 Å². The molecule has 0 spiro atoms. The smallest absolute Gasteiger partial charge is 0.253 e. The van der Waals surface area contributed by atoms with Crippen molar-refractivity contribution < 1.29 is 19.1 Å². The van der Waals surface area contributed by atoms with E-state index in [1.807, 2.05) is 42.2 Å². The van der Waals surface area contributed by atoms with Crippen LogP contribution in [0.25, 0.3) is 0 Å². The molecular formula is C26H33N3O4. The number of amides is 3. The third-order valence-electron chi connectivity index (χ3n) is 6.03. The first-order valence-electron chi connectivity index (χ1n) is 11.5. The maximum Gasteiger partial charge on any atom is 0.253 e. The molecule has 7 nitrogen and oxygen atoms in total. The van der Waals surface area contributed by atoms with Crippen molar-refractivity contribution in [3.05, 3.63) is 71.3 Å². The summed E-state index contributed by atoms with van der Waals surface area (Å²) in [5.74, 6) is -0.519. The lowest BCUT2D eigenvalue weighted by Gasteiger charge is -2.36. The molecule has 176 valence electrons. The van der Waals surface area contributed by atoms with Crippen molar-refractivity contribution in [2.24, 2.45) is 5.92 Å². The molecule has 0 aliphatic carbocycles. The SMILES string of the molecule is COCCCNC(=O)C(NC(=O)c1ccccc1)C1CCN(C(=O)c2ccc(C)cc2)CC1. The van der Waals surface area contributed by atoms with E-state index in [1.165, 1.54) is 0 Å². The van der Waals surface area contributed by atoms with Crippen LogP contribution >= 0.6 is 0 Å². The first-order chi connectivity index (χ1) is 16.0. The van der Waals surface area contributed by atoms with Crippen molar-refractivity contribution in [2.45, 2.75) is 32.2 Å². The Bertz CT molecular complexity index is 922. The van der Waals surface area contributed by atoms with Gasteiger partial charge in [-0.3, -0.25) is 14.4 Å². The Morgan fingerprint density at radius 3 is 2.30 bits per heavy atom. The third kappa shape index (κ3) is 6.89. The Morgan fingerprint density at radius 1 is 1.00 bits per heavy atom. The summed E-state index contributed by atoms with van der Waals surface area (Å²) >= 11 is 0. The van der Waals surface area contributed by atoms with Crippen LogP contribution in [0.1, 0.15) is 45.5 Å². The van der Waals surface area contributed by atoms with Crippen LogP contribution in [0, 0.1) is 12.8 Å². The molecule has 33 heavy (non-hydrogen) atoms. The van der Waals surface area contributed by atoms with E-state index in [1.54, 1.807) is 31.4 Å². The van der Waals surface area contributed by atoms with Gasteiger partial charge in [0.2, 0.25) is 5.91 Å². The largest absolute Gasteiger partial charge is 0.385 e. The van der Waals surface area contributed by atoms with E-state index in [0.29, 0.717) is 56.6 Å². The number of nitrogens with zero attached hydrogens (tertiary/aromatic N) is 1. The number of hydrogen-bond acceptors (Lipinski definition) is 4. The summed E-state index contributed by atoms with van der Waals surface area (Å²) in [6.45, 7) is 4.12. The molecule has 0 saturated carbocycles.